The molecule has 24 heavy (non-hydrogen) atoms. The molecule has 7 heteroatoms. The number of imidazole rings is 1. The molecule has 0 radical (unpaired) electrons. The molecule has 1 amide bonds. The molecule has 1 unspecified atom stereocenters. The molecule has 2 aromatic rings. The number of carbonyl (C=O) groups excluding carboxylic acids is 1. The van der Waals surface area contributed by atoms with E-state index in [2.05, 4.69) is 14.9 Å². The summed E-state index contributed by atoms with van der Waals surface area (Å²) >= 11 is 0. The number of ether oxygens (including phenoxy) is 1. The predicted molar refractivity (Wildman–Crippen MR) is 86.3 cm³/mol. The van der Waals surface area contributed by atoms with Crippen LogP contribution in [-0.4, -0.2) is 43.9 Å². The maximum absolute atomic E-state index is 12.5. The number of aliphatic hydroxyl groups is 1. The molecule has 3 heterocycles. The first kappa shape index (κ1) is 15.4. The summed E-state index contributed by atoms with van der Waals surface area (Å²) in [5.41, 5.74) is 1.66. The van der Waals surface area contributed by atoms with Crippen LogP contribution < -0.4 is 5.32 Å². The van der Waals surface area contributed by atoms with E-state index in [9.17, 15) is 9.90 Å². The molecule has 128 valence electrons. The number of hydrogen-bond donors (Lipinski definition) is 2. The Morgan fingerprint density at radius 1 is 1.46 bits per heavy atom. The zero-order valence-corrected chi connectivity index (χ0v) is 13.5. The zero-order valence-electron chi connectivity index (χ0n) is 13.5. The minimum absolute atomic E-state index is 0.121. The molecule has 0 spiro atoms. The van der Waals surface area contributed by atoms with Crippen LogP contribution in [0.2, 0.25) is 0 Å². The average Bonchev–Trinajstić information content (AvgIpc) is 3.28. The van der Waals surface area contributed by atoms with Crippen LogP contribution in [0.25, 0.3) is 0 Å². The molecule has 0 saturated heterocycles. The van der Waals surface area contributed by atoms with Crippen LogP contribution in [0.1, 0.15) is 28.9 Å². The number of carbonyl (C=O) groups is 1. The third-order valence-corrected chi connectivity index (χ3v) is 4.95. The van der Waals surface area contributed by atoms with Crippen LogP contribution in [0.4, 0.5) is 0 Å². The Labute approximate surface area is 140 Å². The van der Waals surface area contributed by atoms with Crippen LogP contribution in [0.15, 0.2) is 31.0 Å². The number of fused-ring (bicyclic) bond motifs is 1. The van der Waals surface area contributed by atoms with Gasteiger partial charge in [-0.3, -0.25) is 4.79 Å². The molecule has 1 saturated carbocycles. The summed E-state index contributed by atoms with van der Waals surface area (Å²) in [6, 6.07) is 1.68. The Morgan fingerprint density at radius 3 is 3.17 bits per heavy atom. The number of amides is 1. The Morgan fingerprint density at radius 2 is 2.38 bits per heavy atom. The van der Waals surface area contributed by atoms with Crippen LogP contribution >= 0.6 is 0 Å². The smallest absolute Gasteiger partial charge is 0.253 e. The van der Waals surface area contributed by atoms with Gasteiger partial charge in [-0.25, -0.2) is 4.98 Å². The zero-order chi connectivity index (χ0) is 16.5. The quantitative estimate of drug-likeness (QED) is 0.868. The normalized spacial score (nSPS) is 26.3. The molecule has 0 bridgehead atoms. The second kappa shape index (κ2) is 6.41. The number of nitrogens with one attached hydrogen (secondary N) is 1. The first-order valence-electron chi connectivity index (χ1n) is 8.40. The minimum Gasteiger partial charge on any atom is -0.391 e. The van der Waals surface area contributed by atoms with E-state index in [0.29, 0.717) is 31.1 Å². The van der Waals surface area contributed by atoms with Crippen LogP contribution in [0.3, 0.4) is 0 Å². The Balaban J connectivity index is 1.37. The van der Waals surface area contributed by atoms with E-state index in [1.807, 2.05) is 23.0 Å². The van der Waals surface area contributed by atoms with Crippen molar-refractivity contribution in [1.82, 2.24) is 19.4 Å². The molecular formula is C17H22N4O3. The fourth-order valence-corrected chi connectivity index (χ4v) is 3.71. The number of rotatable bonds is 4. The Hall–Kier alpha value is -2.12. The maximum Gasteiger partial charge on any atom is 0.253 e. The molecule has 1 aliphatic heterocycles. The Kier molecular flexibility index (Phi) is 4.12. The van der Waals surface area contributed by atoms with Gasteiger partial charge in [0, 0.05) is 37.4 Å². The lowest BCUT2D eigenvalue weighted by atomic mass is 10.1. The van der Waals surface area contributed by atoms with Gasteiger partial charge in [-0.1, -0.05) is 0 Å². The highest BCUT2D eigenvalue weighted by atomic mass is 16.5. The maximum atomic E-state index is 12.5. The molecule has 1 aliphatic carbocycles. The summed E-state index contributed by atoms with van der Waals surface area (Å²) in [5.74, 6) is 0.222. The minimum atomic E-state index is -0.497. The molecule has 2 aromatic heterocycles. The van der Waals surface area contributed by atoms with E-state index in [0.717, 1.165) is 25.2 Å². The molecule has 1 fully saturated rings. The molecule has 3 atom stereocenters. The lowest BCUT2D eigenvalue weighted by molar-refractivity contribution is 0.0849. The summed E-state index contributed by atoms with van der Waals surface area (Å²) in [4.78, 5) is 16.5. The first-order valence-corrected chi connectivity index (χ1v) is 8.40. The Bertz CT molecular complexity index is 686. The monoisotopic (exact) mass is 330 g/mol. The van der Waals surface area contributed by atoms with Crippen molar-refractivity contribution in [3.63, 3.8) is 0 Å². The van der Waals surface area contributed by atoms with Crippen LogP contribution in [0.5, 0.6) is 0 Å². The van der Waals surface area contributed by atoms with Crippen molar-refractivity contribution in [2.24, 2.45) is 5.92 Å². The second-order valence-corrected chi connectivity index (χ2v) is 6.71. The van der Waals surface area contributed by atoms with Crippen molar-refractivity contribution >= 4 is 5.91 Å². The fraction of sp³-hybridized carbons (Fsp3) is 0.529. The summed E-state index contributed by atoms with van der Waals surface area (Å²) < 4.78 is 9.48. The van der Waals surface area contributed by atoms with Gasteiger partial charge >= 0.3 is 0 Å². The van der Waals surface area contributed by atoms with Gasteiger partial charge in [0.05, 0.1) is 37.3 Å². The molecule has 2 N–H and O–H groups in total. The predicted octanol–water partition coefficient (Wildman–Crippen LogP) is 0.784. The fourth-order valence-electron chi connectivity index (χ4n) is 3.71. The van der Waals surface area contributed by atoms with Crippen LogP contribution in [0, 0.1) is 5.92 Å². The van der Waals surface area contributed by atoms with Crippen molar-refractivity contribution < 1.29 is 14.6 Å². The second-order valence-electron chi connectivity index (χ2n) is 6.71. The van der Waals surface area contributed by atoms with Gasteiger partial charge in [0.15, 0.2) is 0 Å². The van der Waals surface area contributed by atoms with Gasteiger partial charge in [-0.2, -0.15) is 0 Å². The third kappa shape index (κ3) is 3.09. The summed E-state index contributed by atoms with van der Waals surface area (Å²) in [7, 11) is 0. The average molecular weight is 330 g/mol. The van der Waals surface area contributed by atoms with Gasteiger partial charge < -0.3 is 24.3 Å². The number of aromatic nitrogens is 3. The molecule has 2 aliphatic rings. The van der Waals surface area contributed by atoms with Crippen molar-refractivity contribution in [3.05, 3.63) is 42.2 Å². The van der Waals surface area contributed by atoms with Gasteiger partial charge in [0.1, 0.15) is 0 Å². The highest BCUT2D eigenvalue weighted by Crippen LogP contribution is 2.28. The van der Waals surface area contributed by atoms with Crippen molar-refractivity contribution in [3.8, 4) is 0 Å². The summed E-state index contributed by atoms with van der Waals surface area (Å²) in [6.45, 7) is 2.83. The van der Waals surface area contributed by atoms with E-state index in [1.165, 1.54) is 0 Å². The van der Waals surface area contributed by atoms with E-state index in [4.69, 9.17) is 4.74 Å². The number of nitrogens with zero attached hydrogens (tertiary/aromatic N) is 3. The third-order valence-electron chi connectivity index (χ3n) is 4.95. The largest absolute Gasteiger partial charge is 0.391 e. The SMILES string of the molecule is O=C(N[C@@H]1CC(Cn2ccnc2)C[C@H]1O)c1cc2n(c1)CCOC2. The topological polar surface area (TPSA) is 81.3 Å². The highest BCUT2D eigenvalue weighted by Gasteiger charge is 2.34. The van der Waals surface area contributed by atoms with Crippen molar-refractivity contribution in [2.75, 3.05) is 6.61 Å². The lowest BCUT2D eigenvalue weighted by Crippen LogP contribution is -2.39. The van der Waals surface area contributed by atoms with E-state index in [-0.39, 0.29) is 11.9 Å². The molecule has 7 nitrogen and oxygen atoms in total. The molecule has 4 rings (SSSR count). The highest BCUT2D eigenvalue weighted by molar-refractivity contribution is 5.94. The van der Waals surface area contributed by atoms with E-state index in [1.54, 1.807) is 12.5 Å². The van der Waals surface area contributed by atoms with Gasteiger partial charge in [0.2, 0.25) is 0 Å². The van der Waals surface area contributed by atoms with Crippen LogP contribution in [-0.2, 0) is 24.4 Å². The van der Waals surface area contributed by atoms with E-state index < -0.39 is 6.10 Å². The number of aliphatic hydroxyl groups excluding tert-OH is 1. The van der Waals surface area contributed by atoms with E-state index >= 15 is 0 Å². The van der Waals surface area contributed by atoms with Gasteiger partial charge in [0.25, 0.3) is 5.91 Å². The molecule has 0 aromatic carbocycles. The van der Waals surface area contributed by atoms with Crippen molar-refractivity contribution in [2.45, 2.75) is 44.7 Å². The molecular weight excluding hydrogens is 308 g/mol. The number of hydrogen-bond acceptors (Lipinski definition) is 4. The van der Waals surface area contributed by atoms with Crippen molar-refractivity contribution in [1.29, 1.82) is 0 Å². The lowest BCUT2D eigenvalue weighted by Gasteiger charge is -2.16. The first-order chi connectivity index (χ1) is 11.7. The summed E-state index contributed by atoms with van der Waals surface area (Å²) in [5, 5.41) is 13.3. The van der Waals surface area contributed by atoms with Gasteiger partial charge in [-0.15, -0.1) is 0 Å². The standard InChI is InChI=1S/C17H22N4O3/c22-16-6-12(8-20-2-1-18-11-20)5-15(16)19-17(23)13-7-14-10-24-4-3-21(14)9-13/h1-2,7,9,11-12,15-16,22H,3-6,8,10H2,(H,19,23)/t12?,15-,16-/m1/s1. The summed E-state index contributed by atoms with van der Waals surface area (Å²) in [6.07, 6.45) is 8.31. The van der Waals surface area contributed by atoms with Gasteiger partial charge in [-0.05, 0) is 24.8 Å².